The van der Waals surface area contributed by atoms with Crippen LogP contribution in [-0.4, -0.2) is 16.7 Å². The molecular weight excluding hydrogens is 327 g/mol. The average molecular weight is 338 g/mol. The number of ether oxygens (including phenoxy) is 1. The second kappa shape index (κ2) is 5.07. The molecule has 0 saturated heterocycles. The SMILES string of the molecule is CC(C)(Oc1ccc(SI)cc1)C(=O)O. The Balaban J connectivity index is 2.77. The summed E-state index contributed by atoms with van der Waals surface area (Å²) < 4.78 is 5.35. The van der Waals surface area contributed by atoms with E-state index in [0.717, 1.165) is 4.90 Å². The third-order valence-electron chi connectivity index (χ3n) is 1.80. The van der Waals surface area contributed by atoms with Gasteiger partial charge in [0.15, 0.2) is 5.60 Å². The van der Waals surface area contributed by atoms with Gasteiger partial charge < -0.3 is 9.84 Å². The van der Waals surface area contributed by atoms with Crippen molar-refractivity contribution in [2.75, 3.05) is 0 Å². The highest BCUT2D eigenvalue weighted by molar-refractivity contribution is 14.2. The summed E-state index contributed by atoms with van der Waals surface area (Å²) in [6.07, 6.45) is 0. The van der Waals surface area contributed by atoms with Gasteiger partial charge in [-0.05, 0) is 38.1 Å². The van der Waals surface area contributed by atoms with Crippen LogP contribution in [0.2, 0.25) is 0 Å². The minimum absolute atomic E-state index is 0.566. The summed E-state index contributed by atoms with van der Waals surface area (Å²) in [6, 6.07) is 7.33. The molecule has 0 bridgehead atoms. The molecule has 1 aromatic carbocycles. The van der Waals surface area contributed by atoms with Gasteiger partial charge in [0.25, 0.3) is 0 Å². The smallest absolute Gasteiger partial charge is 0.347 e. The van der Waals surface area contributed by atoms with E-state index in [1.807, 2.05) is 12.1 Å². The van der Waals surface area contributed by atoms with Gasteiger partial charge in [-0.3, -0.25) is 0 Å². The van der Waals surface area contributed by atoms with Crippen molar-refractivity contribution in [3.63, 3.8) is 0 Å². The van der Waals surface area contributed by atoms with Crippen LogP contribution in [0.4, 0.5) is 0 Å². The second-order valence-electron chi connectivity index (χ2n) is 3.47. The Morgan fingerprint density at radius 2 is 1.93 bits per heavy atom. The van der Waals surface area contributed by atoms with E-state index in [9.17, 15) is 4.79 Å². The highest BCUT2D eigenvalue weighted by Crippen LogP contribution is 2.27. The van der Waals surface area contributed by atoms with Gasteiger partial charge in [-0.1, -0.05) is 8.93 Å². The Labute approximate surface area is 105 Å². The number of carboxylic acid groups (broad SMARTS) is 1. The fraction of sp³-hybridized carbons (Fsp3) is 0.300. The van der Waals surface area contributed by atoms with Gasteiger partial charge in [-0.25, -0.2) is 4.79 Å². The first-order chi connectivity index (χ1) is 6.95. The molecule has 0 aromatic heterocycles. The number of aliphatic carboxylic acids is 1. The third kappa shape index (κ3) is 3.57. The molecule has 82 valence electrons. The predicted octanol–water partition coefficient (Wildman–Crippen LogP) is 3.37. The maximum absolute atomic E-state index is 10.8. The van der Waals surface area contributed by atoms with Crippen molar-refractivity contribution in [1.29, 1.82) is 0 Å². The van der Waals surface area contributed by atoms with Crippen molar-refractivity contribution in [2.24, 2.45) is 0 Å². The van der Waals surface area contributed by atoms with Crippen LogP contribution in [0.1, 0.15) is 13.8 Å². The van der Waals surface area contributed by atoms with Crippen LogP contribution in [-0.2, 0) is 4.79 Å². The standard InChI is InChI=1S/C10H11IO3S/c1-10(2,9(12)13)14-7-3-5-8(15-11)6-4-7/h3-6H,1-2H3,(H,12,13). The lowest BCUT2D eigenvalue weighted by Gasteiger charge is -2.21. The lowest BCUT2D eigenvalue weighted by atomic mass is 10.1. The van der Waals surface area contributed by atoms with Gasteiger partial charge in [0.05, 0.1) is 0 Å². The number of rotatable bonds is 4. The molecule has 0 radical (unpaired) electrons. The second-order valence-corrected chi connectivity index (χ2v) is 5.41. The number of carbonyl (C=O) groups is 1. The summed E-state index contributed by atoms with van der Waals surface area (Å²) in [5.74, 6) is -0.411. The fourth-order valence-electron chi connectivity index (χ4n) is 0.897. The molecule has 0 saturated carbocycles. The molecular formula is C10H11IO3S. The van der Waals surface area contributed by atoms with Crippen molar-refractivity contribution in [3.8, 4) is 5.75 Å². The lowest BCUT2D eigenvalue weighted by molar-refractivity contribution is -0.152. The van der Waals surface area contributed by atoms with Gasteiger partial charge in [0.1, 0.15) is 5.75 Å². The van der Waals surface area contributed by atoms with Gasteiger partial charge in [-0.15, -0.1) is 0 Å². The first-order valence-electron chi connectivity index (χ1n) is 4.27. The highest BCUT2D eigenvalue weighted by Gasteiger charge is 2.29. The molecule has 0 aliphatic carbocycles. The highest BCUT2D eigenvalue weighted by atomic mass is 127. The molecule has 0 aliphatic rings. The van der Waals surface area contributed by atoms with Crippen LogP contribution in [0, 0.1) is 0 Å². The molecule has 0 aliphatic heterocycles. The van der Waals surface area contributed by atoms with Gasteiger partial charge in [0, 0.05) is 26.1 Å². The lowest BCUT2D eigenvalue weighted by Crippen LogP contribution is -2.37. The van der Waals surface area contributed by atoms with Crippen molar-refractivity contribution >= 4 is 36.1 Å². The van der Waals surface area contributed by atoms with Crippen LogP contribution >= 0.6 is 30.1 Å². The van der Waals surface area contributed by atoms with Crippen LogP contribution in [0.25, 0.3) is 0 Å². The number of benzene rings is 1. The molecule has 1 N–H and O–H groups in total. The summed E-state index contributed by atoms with van der Waals surface area (Å²) in [4.78, 5) is 11.9. The summed E-state index contributed by atoms with van der Waals surface area (Å²) in [7, 11) is 1.60. The molecule has 0 amide bonds. The Kier molecular flexibility index (Phi) is 4.27. The largest absolute Gasteiger partial charge is 0.478 e. The zero-order valence-electron chi connectivity index (χ0n) is 8.36. The molecule has 0 heterocycles. The molecule has 3 nitrogen and oxygen atoms in total. The average Bonchev–Trinajstić information content (AvgIpc) is 2.18. The van der Waals surface area contributed by atoms with E-state index < -0.39 is 11.6 Å². The zero-order valence-corrected chi connectivity index (χ0v) is 11.3. The molecule has 1 aromatic rings. The summed E-state index contributed by atoms with van der Waals surface area (Å²) in [6.45, 7) is 3.05. The van der Waals surface area contributed by atoms with E-state index in [1.54, 1.807) is 21.1 Å². The Morgan fingerprint density at radius 1 is 1.40 bits per heavy atom. The Bertz CT molecular complexity index is 348. The van der Waals surface area contributed by atoms with E-state index in [2.05, 4.69) is 21.2 Å². The first kappa shape index (κ1) is 12.6. The maximum atomic E-state index is 10.8. The van der Waals surface area contributed by atoms with Gasteiger partial charge >= 0.3 is 5.97 Å². The summed E-state index contributed by atoms with van der Waals surface area (Å²) >= 11 is 2.19. The van der Waals surface area contributed by atoms with Crippen LogP contribution in [0.3, 0.4) is 0 Å². The predicted molar refractivity (Wildman–Crippen MR) is 68.7 cm³/mol. The molecule has 5 heteroatoms. The van der Waals surface area contributed by atoms with Gasteiger partial charge in [0.2, 0.25) is 0 Å². The van der Waals surface area contributed by atoms with Crippen LogP contribution in [0.15, 0.2) is 29.2 Å². The van der Waals surface area contributed by atoms with Crippen molar-refractivity contribution in [2.45, 2.75) is 24.3 Å². The molecule has 1 rings (SSSR count). The van der Waals surface area contributed by atoms with E-state index in [4.69, 9.17) is 9.84 Å². The molecule has 0 unspecified atom stereocenters. The maximum Gasteiger partial charge on any atom is 0.347 e. The van der Waals surface area contributed by atoms with E-state index in [-0.39, 0.29) is 0 Å². The van der Waals surface area contributed by atoms with E-state index in [1.165, 1.54) is 13.8 Å². The Morgan fingerprint density at radius 3 is 2.33 bits per heavy atom. The number of hydrogen-bond acceptors (Lipinski definition) is 3. The van der Waals surface area contributed by atoms with Crippen molar-refractivity contribution < 1.29 is 14.6 Å². The summed E-state index contributed by atoms with van der Waals surface area (Å²) in [5, 5.41) is 8.87. The third-order valence-corrected chi connectivity index (χ3v) is 3.78. The first-order valence-corrected chi connectivity index (χ1v) is 7.63. The van der Waals surface area contributed by atoms with Crippen LogP contribution in [0.5, 0.6) is 5.75 Å². The Hall–Kier alpha value is -0.430. The molecule has 15 heavy (non-hydrogen) atoms. The molecule has 0 spiro atoms. The van der Waals surface area contributed by atoms with Crippen molar-refractivity contribution in [1.82, 2.24) is 0 Å². The number of halogens is 1. The molecule has 0 fully saturated rings. The fourth-order valence-corrected chi connectivity index (χ4v) is 2.02. The monoisotopic (exact) mass is 338 g/mol. The minimum atomic E-state index is -1.20. The van der Waals surface area contributed by atoms with E-state index in [0.29, 0.717) is 5.75 Å². The van der Waals surface area contributed by atoms with Crippen LogP contribution < -0.4 is 4.74 Å². The van der Waals surface area contributed by atoms with Crippen molar-refractivity contribution in [3.05, 3.63) is 24.3 Å². The number of hydrogen-bond donors (Lipinski definition) is 1. The zero-order chi connectivity index (χ0) is 11.5. The van der Waals surface area contributed by atoms with E-state index >= 15 is 0 Å². The summed E-state index contributed by atoms with van der Waals surface area (Å²) in [5.41, 5.74) is -1.20. The number of carboxylic acids is 1. The molecule has 0 atom stereocenters. The van der Waals surface area contributed by atoms with Gasteiger partial charge in [-0.2, -0.15) is 0 Å². The minimum Gasteiger partial charge on any atom is -0.478 e. The normalized spacial score (nSPS) is 11.1. The quantitative estimate of drug-likeness (QED) is 0.855. The topological polar surface area (TPSA) is 46.5 Å².